The Balaban J connectivity index is 2.44. The molecule has 0 bridgehead atoms. The summed E-state index contributed by atoms with van der Waals surface area (Å²) in [5, 5.41) is 2.99. The van der Waals surface area contributed by atoms with E-state index in [4.69, 9.17) is 16.1 Å². The average molecular weight is 306 g/mol. The van der Waals surface area contributed by atoms with E-state index in [1.807, 2.05) is 0 Å². The summed E-state index contributed by atoms with van der Waals surface area (Å²) in [7, 11) is 1.15. The highest BCUT2D eigenvalue weighted by atomic mass is 35.5. The van der Waals surface area contributed by atoms with Gasteiger partial charge in [0.05, 0.1) is 17.7 Å². The Morgan fingerprint density at radius 1 is 1.35 bits per heavy atom. The van der Waals surface area contributed by atoms with Crippen LogP contribution < -0.4 is 0 Å². The number of nitrogens with zero attached hydrogens (tertiary/aromatic N) is 1. The molecule has 0 aliphatic rings. The normalized spacial score (nSPS) is 11.4. The maximum absolute atomic E-state index is 12.7. The minimum absolute atomic E-state index is 0.00701. The molecule has 0 amide bonds. The number of methoxy groups -OCH3 is 1. The van der Waals surface area contributed by atoms with Crippen LogP contribution in [0.4, 0.5) is 13.2 Å². The molecular formula is C12H7ClF3NO3. The number of carbonyl (C=O) groups is 1. The van der Waals surface area contributed by atoms with Crippen molar-refractivity contribution < 1.29 is 27.2 Å². The molecule has 1 aromatic carbocycles. The largest absolute Gasteiger partial charge is 0.464 e. The van der Waals surface area contributed by atoms with Crippen LogP contribution in [-0.2, 0) is 10.9 Å². The SMILES string of the molecule is COC(=O)c1cc(-c2ccc(Cl)c(C(F)(F)F)c2)on1. The van der Waals surface area contributed by atoms with Gasteiger partial charge >= 0.3 is 12.1 Å². The fourth-order valence-electron chi connectivity index (χ4n) is 1.51. The third kappa shape index (κ3) is 2.77. The first-order valence-corrected chi connectivity index (χ1v) is 5.63. The van der Waals surface area contributed by atoms with Crippen molar-refractivity contribution in [2.45, 2.75) is 6.18 Å². The molecule has 0 radical (unpaired) electrons. The summed E-state index contributed by atoms with van der Waals surface area (Å²) < 4.78 is 47.4. The summed E-state index contributed by atoms with van der Waals surface area (Å²) in [4.78, 5) is 11.2. The van der Waals surface area contributed by atoms with Crippen LogP contribution in [-0.4, -0.2) is 18.2 Å². The zero-order chi connectivity index (χ0) is 14.9. The molecular weight excluding hydrogens is 299 g/mol. The van der Waals surface area contributed by atoms with Crippen molar-refractivity contribution in [1.82, 2.24) is 5.16 Å². The van der Waals surface area contributed by atoms with Crippen LogP contribution in [0.5, 0.6) is 0 Å². The van der Waals surface area contributed by atoms with Gasteiger partial charge in [0, 0.05) is 11.6 Å². The van der Waals surface area contributed by atoms with E-state index in [0.29, 0.717) is 0 Å². The fourth-order valence-corrected chi connectivity index (χ4v) is 1.73. The van der Waals surface area contributed by atoms with Gasteiger partial charge < -0.3 is 9.26 Å². The summed E-state index contributed by atoms with van der Waals surface area (Å²) in [6.07, 6.45) is -4.59. The van der Waals surface area contributed by atoms with Gasteiger partial charge in [0.2, 0.25) is 0 Å². The molecule has 2 aromatic rings. The Labute approximate surface area is 116 Å². The summed E-state index contributed by atoms with van der Waals surface area (Å²) in [5.74, 6) is -0.738. The first-order valence-electron chi connectivity index (χ1n) is 5.25. The highest BCUT2D eigenvalue weighted by Gasteiger charge is 2.33. The average Bonchev–Trinajstić information content (AvgIpc) is 2.86. The van der Waals surface area contributed by atoms with Crippen molar-refractivity contribution in [2.75, 3.05) is 7.11 Å². The molecule has 1 aromatic heterocycles. The first-order chi connectivity index (χ1) is 9.32. The maximum atomic E-state index is 12.7. The molecule has 0 saturated carbocycles. The van der Waals surface area contributed by atoms with Gasteiger partial charge in [-0.15, -0.1) is 0 Å². The summed E-state index contributed by atoms with van der Waals surface area (Å²) in [6.45, 7) is 0. The number of aromatic nitrogens is 1. The lowest BCUT2D eigenvalue weighted by Crippen LogP contribution is -2.05. The van der Waals surface area contributed by atoms with Crippen LogP contribution in [0, 0.1) is 0 Å². The van der Waals surface area contributed by atoms with Gasteiger partial charge in [-0.2, -0.15) is 13.2 Å². The van der Waals surface area contributed by atoms with E-state index in [-0.39, 0.29) is 17.0 Å². The standard InChI is InChI=1S/C12H7ClF3NO3/c1-19-11(18)9-5-10(20-17-9)6-2-3-8(13)7(4-6)12(14,15)16/h2-5H,1H3. The molecule has 1 heterocycles. The van der Waals surface area contributed by atoms with Gasteiger partial charge in [-0.05, 0) is 18.2 Å². The van der Waals surface area contributed by atoms with Gasteiger partial charge in [0.1, 0.15) is 0 Å². The highest BCUT2D eigenvalue weighted by Crippen LogP contribution is 2.37. The molecule has 0 saturated heterocycles. The molecule has 0 aliphatic heterocycles. The topological polar surface area (TPSA) is 52.3 Å². The number of alkyl halides is 3. The molecule has 106 valence electrons. The Kier molecular flexibility index (Phi) is 3.71. The van der Waals surface area contributed by atoms with Gasteiger partial charge in [-0.3, -0.25) is 0 Å². The molecule has 4 nitrogen and oxygen atoms in total. The van der Waals surface area contributed by atoms with Gasteiger partial charge in [0.25, 0.3) is 0 Å². The smallest absolute Gasteiger partial charge is 0.417 e. The zero-order valence-electron chi connectivity index (χ0n) is 9.99. The maximum Gasteiger partial charge on any atom is 0.417 e. The second-order valence-electron chi connectivity index (χ2n) is 3.76. The van der Waals surface area contributed by atoms with Crippen molar-refractivity contribution >= 4 is 17.6 Å². The number of ether oxygens (including phenoxy) is 1. The van der Waals surface area contributed by atoms with E-state index in [9.17, 15) is 18.0 Å². The van der Waals surface area contributed by atoms with Gasteiger partial charge in [-0.1, -0.05) is 16.8 Å². The Hall–Kier alpha value is -2.02. The summed E-state index contributed by atoms with van der Waals surface area (Å²) >= 11 is 5.51. The third-order valence-electron chi connectivity index (χ3n) is 2.46. The molecule has 0 aliphatic carbocycles. The number of hydrogen-bond acceptors (Lipinski definition) is 4. The van der Waals surface area contributed by atoms with Crippen LogP contribution in [0.2, 0.25) is 5.02 Å². The monoisotopic (exact) mass is 305 g/mol. The lowest BCUT2D eigenvalue weighted by molar-refractivity contribution is -0.137. The van der Waals surface area contributed by atoms with E-state index in [1.54, 1.807) is 0 Å². The summed E-state index contributed by atoms with van der Waals surface area (Å²) in [6, 6.07) is 4.44. The second kappa shape index (κ2) is 5.16. The number of rotatable bonds is 2. The Morgan fingerprint density at radius 2 is 2.05 bits per heavy atom. The molecule has 2 rings (SSSR count). The molecule has 0 unspecified atom stereocenters. The molecule has 8 heteroatoms. The Bertz CT molecular complexity index is 652. The van der Waals surface area contributed by atoms with Crippen molar-refractivity contribution in [3.05, 3.63) is 40.5 Å². The van der Waals surface area contributed by atoms with Crippen LogP contribution in [0.25, 0.3) is 11.3 Å². The fraction of sp³-hybridized carbons (Fsp3) is 0.167. The zero-order valence-corrected chi connectivity index (χ0v) is 10.7. The van der Waals surface area contributed by atoms with E-state index in [2.05, 4.69) is 9.89 Å². The molecule has 0 spiro atoms. The number of benzene rings is 1. The molecule has 0 atom stereocenters. The predicted molar refractivity (Wildman–Crippen MR) is 63.3 cm³/mol. The molecule has 20 heavy (non-hydrogen) atoms. The van der Waals surface area contributed by atoms with E-state index >= 15 is 0 Å². The number of esters is 1. The Morgan fingerprint density at radius 3 is 2.65 bits per heavy atom. The van der Waals surface area contributed by atoms with Crippen LogP contribution in [0.3, 0.4) is 0 Å². The summed E-state index contributed by atoms with van der Waals surface area (Å²) in [5.41, 5.74) is -1.02. The number of carbonyl (C=O) groups excluding carboxylic acids is 1. The first kappa shape index (κ1) is 14.4. The third-order valence-corrected chi connectivity index (χ3v) is 2.79. The molecule has 0 fully saturated rings. The quantitative estimate of drug-likeness (QED) is 0.792. The van der Waals surface area contributed by atoms with Crippen LogP contribution in [0.15, 0.2) is 28.8 Å². The van der Waals surface area contributed by atoms with Gasteiger partial charge in [-0.25, -0.2) is 4.79 Å². The molecule has 0 N–H and O–H groups in total. The van der Waals surface area contributed by atoms with Crippen molar-refractivity contribution in [3.8, 4) is 11.3 Å². The number of halogens is 4. The minimum Gasteiger partial charge on any atom is -0.464 e. The highest BCUT2D eigenvalue weighted by molar-refractivity contribution is 6.31. The van der Waals surface area contributed by atoms with Gasteiger partial charge in [0.15, 0.2) is 11.5 Å². The van der Waals surface area contributed by atoms with Crippen LogP contribution >= 0.6 is 11.6 Å². The lowest BCUT2D eigenvalue weighted by atomic mass is 10.1. The van der Waals surface area contributed by atoms with Crippen molar-refractivity contribution in [1.29, 1.82) is 0 Å². The van der Waals surface area contributed by atoms with E-state index in [1.165, 1.54) is 12.1 Å². The minimum atomic E-state index is -4.59. The van der Waals surface area contributed by atoms with E-state index < -0.39 is 22.7 Å². The lowest BCUT2D eigenvalue weighted by Gasteiger charge is -2.09. The van der Waals surface area contributed by atoms with E-state index in [0.717, 1.165) is 19.2 Å². The van der Waals surface area contributed by atoms with Crippen molar-refractivity contribution in [3.63, 3.8) is 0 Å². The second-order valence-corrected chi connectivity index (χ2v) is 4.17. The predicted octanol–water partition coefficient (Wildman–Crippen LogP) is 3.80. The van der Waals surface area contributed by atoms with Crippen LogP contribution in [0.1, 0.15) is 16.1 Å². The number of hydrogen-bond donors (Lipinski definition) is 0. The van der Waals surface area contributed by atoms with Crippen molar-refractivity contribution in [2.24, 2.45) is 0 Å².